The predicted molar refractivity (Wildman–Crippen MR) is 43.8 cm³/mol. The Hall–Kier alpha value is -0.520. The molecule has 0 aliphatic heterocycles. The molecule has 0 saturated carbocycles. The Bertz CT molecular complexity index is 317. The molecule has 0 aliphatic rings. The van der Waals surface area contributed by atoms with Crippen LogP contribution in [0, 0.1) is 0 Å². The zero-order chi connectivity index (χ0) is 8.32. The van der Waals surface area contributed by atoms with Crippen LogP contribution in [-0.2, 0) is 8.87 Å². The lowest BCUT2D eigenvalue weighted by Gasteiger charge is -1.95. The second-order valence-corrected chi connectivity index (χ2v) is 5.13. The van der Waals surface area contributed by atoms with E-state index in [9.17, 15) is 8.42 Å². The molecule has 0 spiro atoms. The first-order valence-electron chi connectivity index (χ1n) is 2.80. The first kappa shape index (κ1) is 8.58. The fourth-order valence-corrected chi connectivity index (χ4v) is 1.80. The van der Waals surface area contributed by atoms with Gasteiger partial charge in [-0.1, -0.05) is 18.2 Å². The molecule has 0 bridgehead atoms. The van der Waals surface area contributed by atoms with E-state index >= 15 is 0 Å². The molecule has 1 N–H and O–H groups in total. The monoisotopic (exact) mass is 190 g/mol. The van der Waals surface area contributed by atoms with Gasteiger partial charge in [-0.25, -0.2) is 8.42 Å². The van der Waals surface area contributed by atoms with E-state index < -0.39 is 8.87 Å². The summed E-state index contributed by atoms with van der Waals surface area (Å²) in [5.41, 5.74) is 0. The molecule has 3 nitrogen and oxygen atoms in total. The minimum absolute atomic E-state index is 0.118. The normalized spacial score (nSPS) is 11.4. The lowest BCUT2D eigenvalue weighted by atomic mass is 10.4. The highest BCUT2D eigenvalue weighted by Crippen LogP contribution is 2.18. The van der Waals surface area contributed by atoms with Crippen LogP contribution >= 0.6 is 11.1 Å². The molecule has 1 rings (SSSR count). The van der Waals surface area contributed by atoms with Gasteiger partial charge in [-0.3, -0.25) is 0 Å². The molecule has 1 aromatic rings. The Morgan fingerprint density at radius 1 is 1.18 bits per heavy atom. The van der Waals surface area contributed by atoms with Crippen LogP contribution in [-0.4, -0.2) is 13.0 Å². The fourth-order valence-electron chi connectivity index (χ4n) is 0.630. The van der Waals surface area contributed by atoms with E-state index in [1.807, 2.05) is 0 Å². The van der Waals surface area contributed by atoms with Gasteiger partial charge in [0.25, 0.3) is 8.87 Å². The van der Waals surface area contributed by atoms with Crippen LogP contribution < -0.4 is 0 Å². The van der Waals surface area contributed by atoms with Gasteiger partial charge < -0.3 is 4.55 Å². The van der Waals surface area contributed by atoms with Gasteiger partial charge in [0.05, 0.1) is 4.90 Å². The molecule has 0 radical (unpaired) electrons. The maximum Gasteiger partial charge on any atom is 0.255 e. The molecule has 0 aliphatic carbocycles. The molecule has 0 aromatic heterocycles. The van der Waals surface area contributed by atoms with E-state index in [1.165, 1.54) is 12.1 Å². The third-order valence-electron chi connectivity index (χ3n) is 1.13. The molecule has 11 heavy (non-hydrogen) atoms. The van der Waals surface area contributed by atoms with Crippen LogP contribution in [0.25, 0.3) is 0 Å². The van der Waals surface area contributed by atoms with Crippen LogP contribution in [0.4, 0.5) is 0 Å². The standard InChI is InChI=1S/C6H6O3S2/c7-10-11(8,9)6-4-2-1-3-5-6/h1-5,7H. The van der Waals surface area contributed by atoms with Crippen LogP contribution in [0.15, 0.2) is 35.2 Å². The summed E-state index contributed by atoms with van der Waals surface area (Å²) in [4.78, 5) is 0.118. The third-order valence-corrected chi connectivity index (χ3v) is 3.34. The molecular weight excluding hydrogens is 184 g/mol. The van der Waals surface area contributed by atoms with Crippen molar-refractivity contribution in [1.29, 1.82) is 0 Å². The molecule has 0 fully saturated rings. The Labute approximate surface area is 68.6 Å². The van der Waals surface area contributed by atoms with Crippen molar-refractivity contribution in [3.8, 4) is 0 Å². The highest BCUT2D eigenvalue weighted by Gasteiger charge is 2.12. The first-order chi connectivity index (χ1) is 5.17. The summed E-state index contributed by atoms with van der Waals surface area (Å²) in [5.74, 6) is 0. The van der Waals surface area contributed by atoms with Gasteiger partial charge in [0, 0.05) is 0 Å². The van der Waals surface area contributed by atoms with E-state index in [2.05, 4.69) is 0 Å². The Morgan fingerprint density at radius 2 is 1.73 bits per heavy atom. The van der Waals surface area contributed by atoms with E-state index in [0.29, 0.717) is 0 Å². The zero-order valence-corrected chi connectivity index (χ0v) is 7.10. The molecular formula is C6H6O3S2. The number of benzene rings is 1. The summed E-state index contributed by atoms with van der Waals surface area (Å²) in [6, 6.07) is 7.77. The highest BCUT2D eigenvalue weighted by atomic mass is 33.1. The van der Waals surface area contributed by atoms with Crippen molar-refractivity contribution < 1.29 is 13.0 Å². The summed E-state index contributed by atoms with van der Waals surface area (Å²) < 4.78 is 30.2. The first-order valence-corrected chi connectivity index (χ1v) is 5.57. The molecule has 1 aromatic carbocycles. The van der Waals surface area contributed by atoms with Gasteiger partial charge in [0.15, 0.2) is 0 Å². The lowest BCUT2D eigenvalue weighted by Crippen LogP contribution is -1.92. The summed E-state index contributed by atoms with van der Waals surface area (Å²) >= 11 is -0.148. The van der Waals surface area contributed by atoms with Gasteiger partial charge in [0.2, 0.25) is 0 Å². The number of hydrogen-bond donors (Lipinski definition) is 1. The van der Waals surface area contributed by atoms with E-state index in [4.69, 9.17) is 4.55 Å². The van der Waals surface area contributed by atoms with Crippen molar-refractivity contribution in [3.05, 3.63) is 30.3 Å². The second-order valence-electron chi connectivity index (χ2n) is 1.84. The minimum atomic E-state index is -3.53. The maximum atomic E-state index is 10.9. The Kier molecular flexibility index (Phi) is 2.53. The smallest absolute Gasteiger partial charge is 0.255 e. The number of hydrogen-bond acceptors (Lipinski definition) is 4. The molecule has 60 valence electrons. The Balaban J connectivity index is 3.14. The van der Waals surface area contributed by atoms with E-state index in [-0.39, 0.29) is 16.0 Å². The quantitative estimate of drug-likeness (QED) is 0.568. The van der Waals surface area contributed by atoms with Crippen molar-refractivity contribution >= 4 is 19.9 Å². The van der Waals surface area contributed by atoms with Gasteiger partial charge in [-0.05, 0) is 12.1 Å². The van der Waals surface area contributed by atoms with E-state index in [1.54, 1.807) is 18.2 Å². The predicted octanol–water partition coefficient (Wildman–Crippen LogP) is 1.58. The van der Waals surface area contributed by atoms with Crippen LogP contribution in [0.2, 0.25) is 0 Å². The van der Waals surface area contributed by atoms with Crippen molar-refractivity contribution in [2.75, 3.05) is 0 Å². The van der Waals surface area contributed by atoms with Crippen LogP contribution in [0.1, 0.15) is 0 Å². The summed E-state index contributed by atoms with van der Waals surface area (Å²) in [6.45, 7) is 0. The molecule has 0 heterocycles. The van der Waals surface area contributed by atoms with Crippen LogP contribution in [0.3, 0.4) is 0 Å². The third kappa shape index (κ3) is 1.95. The van der Waals surface area contributed by atoms with Gasteiger partial charge in [0.1, 0.15) is 11.1 Å². The summed E-state index contributed by atoms with van der Waals surface area (Å²) in [7, 11) is -3.53. The molecule has 5 heteroatoms. The summed E-state index contributed by atoms with van der Waals surface area (Å²) in [5, 5.41) is 0. The largest absolute Gasteiger partial charge is 0.317 e. The van der Waals surface area contributed by atoms with Gasteiger partial charge >= 0.3 is 0 Å². The lowest BCUT2D eigenvalue weighted by molar-refractivity contribution is 0.603. The maximum absolute atomic E-state index is 10.9. The molecule has 0 unspecified atom stereocenters. The zero-order valence-electron chi connectivity index (χ0n) is 5.47. The van der Waals surface area contributed by atoms with Crippen molar-refractivity contribution in [2.45, 2.75) is 4.90 Å². The van der Waals surface area contributed by atoms with Crippen LogP contribution in [0.5, 0.6) is 0 Å². The highest BCUT2D eigenvalue weighted by molar-refractivity contribution is 8.69. The molecule has 0 atom stereocenters. The van der Waals surface area contributed by atoms with Gasteiger partial charge in [-0.2, -0.15) is 0 Å². The molecule has 0 saturated heterocycles. The van der Waals surface area contributed by atoms with Crippen molar-refractivity contribution in [2.24, 2.45) is 0 Å². The van der Waals surface area contributed by atoms with Gasteiger partial charge in [-0.15, -0.1) is 0 Å². The number of rotatable bonds is 2. The average Bonchev–Trinajstić information content (AvgIpc) is 2.06. The Morgan fingerprint density at radius 3 is 2.18 bits per heavy atom. The van der Waals surface area contributed by atoms with Crippen molar-refractivity contribution in [3.63, 3.8) is 0 Å². The van der Waals surface area contributed by atoms with Crippen molar-refractivity contribution in [1.82, 2.24) is 0 Å². The topological polar surface area (TPSA) is 54.4 Å². The second kappa shape index (κ2) is 3.25. The average molecular weight is 190 g/mol. The van der Waals surface area contributed by atoms with E-state index in [0.717, 1.165) is 0 Å². The SMILES string of the molecule is O=S(=O)(SO)c1ccccc1. The summed E-state index contributed by atoms with van der Waals surface area (Å²) in [6.07, 6.45) is 0. The fraction of sp³-hybridized carbons (Fsp3) is 0. The minimum Gasteiger partial charge on any atom is -0.317 e. The molecule has 0 amide bonds.